The van der Waals surface area contributed by atoms with Gasteiger partial charge in [0.2, 0.25) is 5.91 Å². The number of nitrogens with one attached hydrogen (secondary N) is 1. The molecule has 7 heteroatoms. The van der Waals surface area contributed by atoms with Crippen molar-refractivity contribution in [1.82, 2.24) is 15.1 Å². The van der Waals surface area contributed by atoms with E-state index in [-0.39, 0.29) is 24.0 Å². The van der Waals surface area contributed by atoms with E-state index in [1.54, 1.807) is 13.2 Å². The van der Waals surface area contributed by atoms with E-state index in [0.29, 0.717) is 30.2 Å². The second-order valence-electron chi connectivity index (χ2n) is 8.15. The Morgan fingerprint density at radius 3 is 2.41 bits per heavy atom. The maximum atomic E-state index is 12.9. The van der Waals surface area contributed by atoms with Crippen LogP contribution in [0.4, 0.5) is 0 Å². The van der Waals surface area contributed by atoms with Crippen molar-refractivity contribution in [1.29, 1.82) is 0 Å². The Morgan fingerprint density at radius 2 is 1.76 bits per heavy atom. The average Bonchev–Trinajstić information content (AvgIpc) is 3.47. The zero-order valence-corrected chi connectivity index (χ0v) is 17.2. The van der Waals surface area contributed by atoms with Crippen molar-refractivity contribution in [3.63, 3.8) is 0 Å². The van der Waals surface area contributed by atoms with E-state index in [1.807, 2.05) is 21.9 Å². The van der Waals surface area contributed by atoms with Gasteiger partial charge in [0, 0.05) is 45.1 Å². The molecule has 158 valence electrons. The van der Waals surface area contributed by atoms with E-state index < -0.39 is 0 Å². The Bertz CT molecular complexity index is 734. The number of amides is 2. The molecule has 3 aliphatic rings. The van der Waals surface area contributed by atoms with Gasteiger partial charge in [0.1, 0.15) is 17.6 Å². The Hall–Kier alpha value is -2.28. The molecule has 0 saturated carbocycles. The van der Waals surface area contributed by atoms with Gasteiger partial charge in [-0.25, -0.2) is 0 Å². The Morgan fingerprint density at radius 1 is 1.00 bits per heavy atom. The number of methoxy groups -OCH3 is 1. The van der Waals surface area contributed by atoms with Crippen LogP contribution in [0.1, 0.15) is 48.9 Å². The highest BCUT2D eigenvalue weighted by atomic mass is 16.5. The number of hydrogen-bond acceptors (Lipinski definition) is 5. The van der Waals surface area contributed by atoms with Crippen LogP contribution in [0, 0.1) is 0 Å². The molecule has 1 atom stereocenters. The molecule has 1 aromatic rings. The number of hydrogen-bond donors (Lipinski definition) is 1. The summed E-state index contributed by atoms with van der Waals surface area (Å²) in [5, 5.41) is 3.29. The van der Waals surface area contributed by atoms with Gasteiger partial charge < -0.3 is 24.6 Å². The number of carbonyl (C=O) groups excluding carboxylic acids is 2. The van der Waals surface area contributed by atoms with Crippen molar-refractivity contribution in [2.24, 2.45) is 0 Å². The van der Waals surface area contributed by atoms with Gasteiger partial charge in [-0.3, -0.25) is 9.59 Å². The average molecular weight is 402 g/mol. The first-order chi connectivity index (χ1) is 14.2. The third-order valence-electron chi connectivity index (χ3n) is 6.22. The molecule has 7 nitrogen and oxygen atoms in total. The zero-order chi connectivity index (χ0) is 20.2. The summed E-state index contributed by atoms with van der Waals surface area (Å²) in [7, 11) is 1.61. The summed E-state index contributed by atoms with van der Waals surface area (Å²) in [5.41, 5.74) is 0.598. The van der Waals surface area contributed by atoms with E-state index >= 15 is 0 Å². The van der Waals surface area contributed by atoms with Crippen LogP contribution >= 0.6 is 0 Å². The Balaban J connectivity index is 1.41. The molecule has 3 saturated heterocycles. The van der Waals surface area contributed by atoms with E-state index in [0.717, 1.165) is 58.2 Å². The van der Waals surface area contributed by atoms with E-state index in [1.165, 1.54) is 0 Å². The summed E-state index contributed by atoms with van der Waals surface area (Å²) in [4.78, 5) is 29.4. The summed E-state index contributed by atoms with van der Waals surface area (Å²) in [5.74, 6) is 1.51. The number of rotatable bonds is 5. The molecular formula is C22H31N3O4. The SMILES string of the molecule is COc1ccc(C(=O)N2CCCC2)c(OC2CCN(C(=O)[C@H]3CCCN3)CC2)c1. The van der Waals surface area contributed by atoms with Gasteiger partial charge in [0.25, 0.3) is 5.91 Å². The maximum Gasteiger partial charge on any atom is 0.257 e. The first-order valence-electron chi connectivity index (χ1n) is 10.8. The largest absolute Gasteiger partial charge is 0.497 e. The first-order valence-corrected chi connectivity index (χ1v) is 10.8. The minimum absolute atomic E-state index is 0.00665. The minimum Gasteiger partial charge on any atom is -0.497 e. The maximum absolute atomic E-state index is 12.9. The molecule has 0 bridgehead atoms. The first kappa shape index (κ1) is 20.0. The molecule has 3 fully saturated rings. The van der Waals surface area contributed by atoms with Crippen LogP contribution in [0.15, 0.2) is 18.2 Å². The van der Waals surface area contributed by atoms with E-state index in [4.69, 9.17) is 9.47 Å². The number of nitrogens with zero attached hydrogens (tertiary/aromatic N) is 2. The standard InChI is InChI=1S/C22H31N3O4/c1-28-17-6-7-18(21(26)24-11-2-3-12-24)20(15-17)29-16-8-13-25(14-9-16)22(27)19-5-4-10-23-19/h6-7,15-16,19,23H,2-5,8-14H2,1H3/t19-/m1/s1. The van der Waals surface area contributed by atoms with E-state index in [9.17, 15) is 9.59 Å². The predicted octanol–water partition coefficient (Wildman–Crippen LogP) is 2.05. The van der Waals surface area contributed by atoms with Crippen molar-refractivity contribution in [3.05, 3.63) is 23.8 Å². The molecule has 2 amide bonds. The van der Waals surface area contributed by atoms with Crippen LogP contribution in [0.2, 0.25) is 0 Å². The van der Waals surface area contributed by atoms with Crippen LogP contribution in [-0.2, 0) is 4.79 Å². The minimum atomic E-state index is -0.0180. The lowest BCUT2D eigenvalue weighted by molar-refractivity contribution is -0.134. The molecule has 3 heterocycles. The van der Waals surface area contributed by atoms with Crippen LogP contribution in [-0.4, -0.2) is 73.6 Å². The molecule has 4 rings (SSSR count). The third kappa shape index (κ3) is 4.50. The van der Waals surface area contributed by atoms with E-state index in [2.05, 4.69) is 5.32 Å². The molecule has 1 N–H and O–H groups in total. The molecule has 0 aliphatic carbocycles. The predicted molar refractivity (Wildman–Crippen MR) is 109 cm³/mol. The second kappa shape index (κ2) is 9.03. The highest BCUT2D eigenvalue weighted by Crippen LogP contribution is 2.30. The van der Waals surface area contributed by atoms with Crippen LogP contribution in [0.5, 0.6) is 11.5 Å². The fourth-order valence-electron chi connectivity index (χ4n) is 4.48. The monoisotopic (exact) mass is 401 g/mol. The van der Waals surface area contributed by atoms with Crippen LogP contribution in [0.25, 0.3) is 0 Å². The number of benzene rings is 1. The van der Waals surface area contributed by atoms with Gasteiger partial charge in [-0.1, -0.05) is 0 Å². The lowest BCUT2D eigenvalue weighted by Gasteiger charge is -2.34. The van der Waals surface area contributed by atoms with Crippen molar-refractivity contribution in [2.45, 2.75) is 50.7 Å². The normalized spacial score (nSPS) is 22.7. The Kier molecular flexibility index (Phi) is 6.23. The number of piperidine rings is 1. The van der Waals surface area contributed by atoms with Gasteiger partial charge in [-0.05, 0) is 44.4 Å². The fraction of sp³-hybridized carbons (Fsp3) is 0.636. The lowest BCUT2D eigenvalue weighted by Crippen LogP contribution is -2.48. The summed E-state index contributed by atoms with van der Waals surface area (Å²) < 4.78 is 11.6. The molecule has 0 aromatic heterocycles. The van der Waals surface area contributed by atoms with Gasteiger partial charge in [-0.15, -0.1) is 0 Å². The fourth-order valence-corrected chi connectivity index (χ4v) is 4.48. The molecule has 0 spiro atoms. The highest BCUT2D eigenvalue weighted by Gasteiger charge is 2.31. The number of carbonyl (C=O) groups is 2. The smallest absolute Gasteiger partial charge is 0.257 e. The molecule has 0 unspecified atom stereocenters. The lowest BCUT2D eigenvalue weighted by atomic mass is 10.1. The third-order valence-corrected chi connectivity index (χ3v) is 6.22. The quantitative estimate of drug-likeness (QED) is 0.818. The van der Waals surface area contributed by atoms with Gasteiger partial charge in [0.15, 0.2) is 0 Å². The summed E-state index contributed by atoms with van der Waals surface area (Å²) in [6, 6.07) is 5.41. The molecule has 3 aliphatic heterocycles. The molecule has 1 aromatic carbocycles. The molecular weight excluding hydrogens is 370 g/mol. The van der Waals surface area contributed by atoms with Gasteiger partial charge >= 0.3 is 0 Å². The van der Waals surface area contributed by atoms with Crippen molar-refractivity contribution in [2.75, 3.05) is 39.8 Å². The number of likely N-dealkylation sites (tertiary alicyclic amines) is 2. The number of ether oxygens (including phenoxy) is 2. The van der Waals surface area contributed by atoms with Crippen molar-refractivity contribution >= 4 is 11.8 Å². The topological polar surface area (TPSA) is 71.1 Å². The molecule has 0 radical (unpaired) electrons. The van der Waals surface area contributed by atoms with Crippen molar-refractivity contribution in [3.8, 4) is 11.5 Å². The second-order valence-corrected chi connectivity index (χ2v) is 8.15. The van der Waals surface area contributed by atoms with Crippen LogP contribution in [0.3, 0.4) is 0 Å². The Labute approximate surface area is 172 Å². The van der Waals surface area contributed by atoms with Gasteiger partial charge in [-0.2, -0.15) is 0 Å². The van der Waals surface area contributed by atoms with Gasteiger partial charge in [0.05, 0.1) is 18.7 Å². The van der Waals surface area contributed by atoms with Crippen molar-refractivity contribution < 1.29 is 19.1 Å². The van der Waals surface area contributed by atoms with Crippen LogP contribution < -0.4 is 14.8 Å². The summed E-state index contributed by atoms with van der Waals surface area (Å²) in [6.07, 6.45) is 5.65. The molecule has 29 heavy (non-hydrogen) atoms. The zero-order valence-electron chi connectivity index (χ0n) is 17.2. The summed E-state index contributed by atoms with van der Waals surface area (Å²) >= 11 is 0. The summed E-state index contributed by atoms with van der Waals surface area (Å²) in [6.45, 7) is 3.93. The highest BCUT2D eigenvalue weighted by molar-refractivity contribution is 5.97.